The standard InChI is InChI=1S/C17H20N2O3/c20-15(14-5-2-1-3-6-14)13-18-8-10-19(11-9-18)17(21)16-7-4-12-22-16/h1-7,12,15,20H,8-11,13H2. The largest absolute Gasteiger partial charge is 0.459 e. The number of aliphatic hydroxyl groups excluding tert-OH is 1. The van der Waals surface area contributed by atoms with Crippen LogP contribution in [0.4, 0.5) is 0 Å². The molecular weight excluding hydrogens is 280 g/mol. The minimum Gasteiger partial charge on any atom is -0.459 e. The van der Waals surface area contributed by atoms with Crippen molar-refractivity contribution in [3.63, 3.8) is 0 Å². The van der Waals surface area contributed by atoms with Crippen LogP contribution in [0.3, 0.4) is 0 Å². The maximum atomic E-state index is 12.2. The van der Waals surface area contributed by atoms with Gasteiger partial charge in [0, 0.05) is 32.7 Å². The summed E-state index contributed by atoms with van der Waals surface area (Å²) in [7, 11) is 0. The molecule has 1 unspecified atom stereocenters. The predicted molar refractivity (Wildman–Crippen MR) is 82.5 cm³/mol. The number of amides is 1. The van der Waals surface area contributed by atoms with Crippen LogP contribution in [-0.2, 0) is 0 Å². The van der Waals surface area contributed by atoms with E-state index in [0.717, 1.165) is 18.7 Å². The Morgan fingerprint density at radius 1 is 1.09 bits per heavy atom. The number of nitrogens with zero attached hydrogens (tertiary/aromatic N) is 2. The van der Waals surface area contributed by atoms with E-state index in [1.165, 1.54) is 6.26 Å². The van der Waals surface area contributed by atoms with Crippen molar-refractivity contribution in [1.29, 1.82) is 0 Å². The van der Waals surface area contributed by atoms with Gasteiger partial charge in [-0.1, -0.05) is 30.3 Å². The first kappa shape index (κ1) is 14.8. The lowest BCUT2D eigenvalue weighted by Crippen LogP contribution is -2.49. The van der Waals surface area contributed by atoms with Gasteiger partial charge in [0.2, 0.25) is 0 Å². The number of furan rings is 1. The molecule has 0 bridgehead atoms. The summed E-state index contributed by atoms with van der Waals surface area (Å²) in [5.41, 5.74) is 0.927. The van der Waals surface area contributed by atoms with E-state index >= 15 is 0 Å². The second kappa shape index (κ2) is 6.77. The van der Waals surface area contributed by atoms with Crippen LogP contribution < -0.4 is 0 Å². The number of carbonyl (C=O) groups excluding carboxylic acids is 1. The molecule has 5 heteroatoms. The van der Waals surface area contributed by atoms with Crippen LogP contribution in [0.15, 0.2) is 53.1 Å². The van der Waals surface area contributed by atoms with Crippen molar-refractivity contribution in [2.24, 2.45) is 0 Å². The first-order valence-corrected chi connectivity index (χ1v) is 7.52. The lowest BCUT2D eigenvalue weighted by atomic mass is 10.1. The van der Waals surface area contributed by atoms with Crippen molar-refractivity contribution in [3.8, 4) is 0 Å². The van der Waals surface area contributed by atoms with Crippen molar-refractivity contribution >= 4 is 5.91 Å². The molecule has 5 nitrogen and oxygen atoms in total. The minimum absolute atomic E-state index is 0.0618. The fraction of sp³-hybridized carbons (Fsp3) is 0.353. The Labute approximate surface area is 129 Å². The summed E-state index contributed by atoms with van der Waals surface area (Å²) in [5, 5.41) is 10.3. The molecule has 1 aromatic heterocycles. The molecule has 2 aromatic rings. The van der Waals surface area contributed by atoms with Crippen LogP contribution in [0.2, 0.25) is 0 Å². The highest BCUT2D eigenvalue weighted by atomic mass is 16.3. The molecule has 0 radical (unpaired) electrons. The fourth-order valence-corrected chi connectivity index (χ4v) is 2.71. The normalized spacial score (nSPS) is 17.4. The van der Waals surface area contributed by atoms with Gasteiger partial charge in [0.1, 0.15) is 0 Å². The number of piperazine rings is 1. The Balaban J connectivity index is 1.51. The number of rotatable bonds is 4. The molecule has 0 saturated carbocycles. The summed E-state index contributed by atoms with van der Waals surface area (Å²) >= 11 is 0. The van der Waals surface area contributed by atoms with Crippen molar-refractivity contribution in [1.82, 2.24) is 9.80 Å². The molecule has 116 valence electrons. The molecule has 1 aliphatic rings. The second-order valence-corrected chi connectivity index (χ2v) is 5.50. The first-order valence-electron chi connectivity index (χ1n) is 7.52. The Morgan fingerprint density at radius 2 is 1.82 bits per heavy atom. The molecule has 1 fully saturated rings. The zero-order valence-electron chi connectivity index (χ0n) is 12.4. The number of carbonyl (C=O) groups is 1. The van der Waals surface area contributed by atoms with Gasteiger partial charge >= 0.3 is 0 Å². The summed E-state index contributed by atoms with van der Waals surface area (Å²) in [5.74, 6) is 0.325. The van der Waals surface area contributed by atoms with Gasteiger partial charge in [0.05, 0.1) is 12.4 Å². The molecule has 0 spiro atoms. The number of hydrogen-bond acceptors (Lipinski definition) is 4. The smallest absolute Gasteiger partial charge is 0.289 e. The van der Waals surface area contributed by atoms with Crippen LogP contribution in [0.1, 0.15) is 22.2 Å². The number of hydrogen-bond donors (Lipinski definition) is 1. The molecule has 1 amide bonds. The van der Waals surface area contributed by atoms with E-state index in [1.807, 2.05) is 30.3 Å². The summed E-state index contributed by atoms with van der Waals surface area (Å²) in [6, 6.07) is 13.1. The molecule has 1 N–H and O–H groups in total. The Morgan fingerprint density at radius 3 is 2.45 bits per heavy atom. The van der Waals surface area contributed by atoms with E-state index in [-0.39, 0.29) is 5.91 Å². The molecule has 1 saturated heterocycles. The maximum absolute atomic E-state index is 12.2. The van der Waals surface area contributed by atoms with Crippen molar-refractivity contribution in [2.75, 3.05) is 32.7 Å². The van der Waals surface area contributed by atoms with Gasteiger partial charge in [-0.2, -0.15) is 0 Å². The monoisotopic (exact) mass is 300 g/mol. The highest BCUT2D eigenvalue weighted by Gasteiger charge is 2.24. The molecule has 1 atom stereocenters. The van der Waals surface area contributed by atoms with E-state index < -0.39 is 6.10 Å². The summed E-state index contributed by atoms with van der Waals surface area (Å²) in [6.45, 7) is 3.42. The number of benzene rings is 1. The fourth-order valence-electron chi connectivity index (χ4n) is 2.71. The van der Waals surface area contributed by atoms with Crippen molar-refractivity contribution in [2.45, 2.75) is 6.10 Å². The quantitative estimate of drug-likeness (QED) is 0.935. The third kappa shape index (κ3) is 3.37. The number of β-amino-alcohol motifs (C(OH)–C–C–N with tert-alkyl or cyclic N) is 1. The minimum atomic E-state index is -0.492. The van der Waals surface area contributed by atoms with Crippen LogP contribution in [0.25, 0.3) is 0 Å². The summed E-state index contributed by atoms with van der Waals surface area (Å²) in [6.07, 6.45) is 1.02. The lowest BCUT2D eigenvalue weighted by Gasteiger charge is -2.35. The molecule has 3 rings (SSSR count). The van der Waals surface area contributed by atoms with Crippen LogP contribution in [-0.4, -0.2) is 53.5 Å². The molecule has 1 aromatic carbocycles. The van der Waals surface area contributed by atoms with Gasteiger partial charge < -0.3 is 14.4 Å². The van der Waals surface area contributed by atoms with Crippen molar-refractivity contribution < 1.29 is 14.3 Å². The third-order valence-electron chi connectivity index (χ3n) is 4.01. The highest BCUT2D eigenvalue weighted by molar-refractivity contribution is 5.91. The molecule has 1 aliphatic heterocycles. The average Bonchev–Trinajstić information content (AvgIpc) is 3.10. The van der Waals surface area contributed by atoms with Gasteiger partial charge in [-0.3, -0.25) is 9.69 Å². The van der Waals surface area contributed by atoms with Gasteiger partial charge in [-0.05, 0) is 17.7 Å². The van der Waals surface area contributed by atoms with E-state index in [4.69, 9.17) is 4.42 Å². The SMILES string of the molecule is O=C(c1ccco1)N1CCN(CC(O)c2ccccc2)CC1. The molecule has 2 heterocycles. The Bertz CT molecular complexity index is 590. The topological polar surface area (TPSA) is 56.9 Å². The van der Waals surface area contributed by atoms with Gasteiger partial charge in [-0.25, -0.2) is 0 Å². The van der Waals surface area contributed by atoms with E-state index in [2.05, 4.69) is 4.90 Å². The van der Waals surface area contributed by atoms with Crippen molar-refractivity contribution in [3.05, 3.63) is 60.1 Å². The average molecular weight is 300 g/mol. The number of aliphatic hydroxyl groups is 1. The van der Waals surface area contributed by atoms with E-state index in [1.54, 1.807) is 17.0 Å². The lowest BCUT2D eigenvalue weighted by molar-refractivity contribution is 0.0503. The zero-order chi connectivity index (χ0) is 15.4. The highest BCUT2D eigenvalue weighted by Crippen LogP contribution is 2.16. The van der Waals surface area contributed by atoms with E-state index in [0.29, 0.717) is 25.4 Å². The van der Waals surface area contributed by atoms with Gasteiger partial charge in [0.25, 0.3) is 5.91 Å². The molecule has 0 aliphatic carbocycles. The Kier molecular flexibility index (Phi) is 4.56. The second-order valence-electron chi connectivity index (χ2n) is 5.50. The predicted octanol–water partition coefficient (Wildman–Crippen LogP) is 1.77. The molecular formula is C17H20N2O3. The van der Waals surface area contributed by atoms with Crippen LogP contribution in [0.5, 0.6) is 0 Å². The summed E-state index contributed by atoms with van der Waals surface area (Å²) in [4.78, 5) is 16.2. The maximum Gasteiger partial charge on any atom is 0.289 e. The van der Waals surface area contributed by atoms with Gasteiger partial charge in [0.15, 0.2) is 5.76 Å². The zero-order valence-corrected chi connectivity index (χ0v) is 12.4. The van der Waals surface area contributed by atoms with Crippen LogP contribution >= 0.6 is 0 Å². The summed E-state index contributed by atoms with van der Waals surface area (Å²) < 4.78 is 5.15. The molecule has 22 heavy (non-hydrogen) atoms. The third-order valence-corrected chi connectivity index (χ3v) is 4.01. The van der Waals surface area contributed by atoms with E-state index in [9.17, 15) is 9.90 Å². The van der Waals surface area contributed by atoms with Crippen LogP contribution in [0, 0.1) is 0 Å². The first-order chi connectivity index (χ1) is 10.7. The van der Waals surface area contributed by atoms with Gasteiger partial charge in [-0.15, -0.1) is 0 Å². The Hall–Kier alpha value is -2.11.